The number of carbonyl (C=O) groups is 1. The molecule has 0 saturated heterocycles. The Bertz CT molecular complexity index is 626. The van der Waals surface area contributed by atoms with Crippen LogP contribution in [-0.4, -0.2) is 23.5 Å². The monoisotopic (exact) mass is 267 g/mol. The molecule has 0 fully saturated rings. The zero-order valence-electron chi connectivity index (χ0n) is 10.7. The molecule has 5 nitrogen and oxygen atoms in total. The van der Waals surface area contributed by atoms with Crippen molar-refractivity contribution in [3.8, 4) is 0 Å². The Morgan fingerprint density at radius 1 is 1.05 bits per heavy atom. The first-order valence-corrected chi connectivity index (χ1v) is 6.23. The molecule has 2 aromatic carbocycles. The number of benzene rings is 2. The Hall–Kier alpha value is -2.82. The molecule has 2 aromatic rings. The highest BCUT2D eigenvalue weighted by molar-refractivity contribution is 6.10. The van der Waals surface area contributed by atoms with Gasteiger partial charge in [0.1, 0.15) is 0 Å². The highest BCUT2D eigenvalue weighted by Crippen LogP contribution is 2.14. The zero-order valence-corrected chi connectivity index (χ0v) is 10.7. The highest BCUT2D eigenvalue weighted by atomic mass is 16.7. The summed E-state index contributed by atoms with van der Waals surface area (Å²) in [6.45, 7) is 0.114. The molecule has 2 amide bonds. The number of anilines is 1. The number of amides is 2. The largest absolute Gasteiger partial charge is 0.371 e. The molecular weight excluding hydrogens is 254 g/mol. The fourth-order valence-corrected chi connectivity index (χ4v) is 1.92. The predicted molar refractivity (Wildman–Crippen MR) is 76.2 cm³/mol. The van der Waals surface area contributed by atoms with Gasteiger partial charge in [-0.2, -0.15) is 0 Å². The van der Waals surface area contributed by atoms with Gasteiger partial charge in [0, 0.05) is 11.3 Å². The molecule has 0 aromatic heterocycles. The van der Waals surface area contributed by atoms with Crippen molar-refractivity contribution in [1.29, 1.82) is 0 Å². The normalized spacial score (nSPS) is 13.6. The van der Waals surface area contributed by atoms with E-state index < -0.39 is 0 Å². The summed E-state index contributed by atoms with van der Waals surface area (Å²) in [7, 11) is 0. The molecule has 0 atom stereocenters. The average molecular weight is 267 g/mol. The van der Waals surface area contributed by atoms with Gasteiger partial charge in [-0.3, -0.25) is 0 Å². The van der Waals surface area contributed by atoms with Gasteiger partial charge in [0.05, 0.1) is 0 Å². The van der Waals surface area contributed by atoms with E-state index in [0.29, 0.717) is 5.84 Å². The molecule has 1 aliphatic heterocycles. The molecule has 1 heterocycles. The van der Waals surface area contributed by atoms with E-state index in [2.05, 4.69) is 10.5 Å². The lowest BCUT2D eigenvalue weighted by Crippen LogP contribution is -2.38. The van der Waals surface area contributed by atoms with Gasteiger partial charge in [-0.05, 0) is 12.1 Å². The molecule has 20 heavy (non-hydrogen) atoms. The third-order valence-corrected chi connectivity index (χ3v) is 2.90. The number of carbonyl (C=O) groups excluding carboxylic acids is 1. The van der Waals surface area contributed by atoms with Gasteiger partial charge in [-0.25, -0.2) is 9.69 Å². The van der Waals surface area contributed by atoms with Crippen LogP contribution < -0.4 is 5.32 Å². The zero-order chi connectivity index (χ0) is 13.8. The number of para-hydroxylation sites is 1. The Kier molecular flexibility index (Phi) is 3.33. The van der Waals surface area contributed by atoms with Gasteiger partial charge in [-0.15, -0.1) is 0 Å². The molecule has 100 valence electrons. The second-order valence-electron chi connectivity index (χ2n) is 4.26. The van der Waals surface area contributed by atoms with Crippen LogP contribution in [0.25, 0.3) is 0 Å². The molecule has 3 rings (SSSR count). The first-order valence-electron chi connectivity index (χ1n) is 6.23. The highest BCUT2D eigenvalue weighted by Gasteiger charge is 2.26. The second kappa shape index (κ2) is 5.44. The predicted octanol–water partition coefficient (Wildman–Crippen LogP) is 2.87. The van der Waals surface area contributed by atoms with Gasteiger partial charge >= 0.3 is 6.03 Å². The Balaban J connectivity index is 1.77. The number of rotatable bonds is 2. The number of oxime groups is 1. The van der Waals surface area contributed by atoms with Gasteiger partial charge in [0.15, 0.2) is 12.6 Å². The molecule has 0 radical (unpaired) electrons. The van der Waals surface area contributed by atoms with Crippen LogP contribution in [0.5, 0.6) is 0 Å². The molecule has 5 heteroatoms. The maximum Gasteiger partial charge on any atom is 0.330 e. The summed E-state index contributed by atoms with van der Waals surface area (Å²) < 4.78 is 0. The van der Waals surface area contributed by atoms with E-state index in [1.54, 1.807) is 0 Å². The van der Waals surface area contributed by atoms with Gasteiger partial charge in [0.2, 0.25) is 0 Å². The van der Waals surface area contributed by atoms with E-state index in [9.17, 15) is 4.79 Å². The average Bonchev–Trinajstić information content (AvgIpc) is 2.99. The minimum atomic E-state index is -0.267. The second-order valence-corrected chi connectivity index (χ2v) is 4.26. The van der Waals surface area contributed by atoms with Crippen molar-refractivity contribution in [3.63, 3.8) is 0 Å². The number of hydrogen-bond acceptors (Lipinski definition) is 3. The Morgan fingerprint density at radius 2 is 1.70 bits per heavy atom. The molecular formula is C15H13N3O2. The van der Waals surface area contributed by atoms with Crippen LogP contribution in [0.3, 0.4) is 0 Å². The van der Waals surface area contributed by atoms with Crippen LogP contribution >= 0.6 is 0 Å². The van der Waals surface area contributed by atoms with E-state index >= 15 is 0 Å². The smallest absolute Gasteiger partial charge is 0.330 e. The number of nitrogens with zero attached hydrogens (tertiary/aromatic N) is 2. The summed E-state index contributed by atoms with van der Waals surface area (Å²) in [6.07, 6.45) is 0. The summed E-state index contributed by atoms with van der Waals surface area (Å²) in [5.74, 6) is 0.513. The molecule has 1 aliphatic rings. The third kappa shape index (κ3) is 2.47. The third-order valence-electron chi connectivity index (χ3n) is 2.90. The molecule has 1 N–H and O–H groups in total. The molecule has 0 spiro atoms. The van der Waals surface area contributed by atoms with Gasteiger partial charge in [0.25, 0.3) is 0 Å². The maximum atomic E-state index is 12.3. The van der Waals surface area contributed by atoms with Gasteiger partial charge < -0.3 is 10.2 Å². The van der Waals surface area contributed by atoms with Crippen LogP contribution in [0.4, 0.5) is 10.5 Å². The van der Waals surface area contributed by atoms with E-state index in [-0.39, 0.29) is 12.8 Å². The standard InChI is InChI=1S/C15H13N3O2/c19-15(16-13-9-5-2-6-10-13)18-11-20-17-14(18)12-7-3-1-4-8-12/h1-10H,11H2,(H,16,19). The van der Waals surface area contributed by atoms with Crippen LogP contribution in [0, 0.1) is 0 Å². The summed E-state index contributed by atoms with van der Waals surface area (Å²) in [6, 6.07) is 18.5. The fraction of sp³-hybridized carbons (Fsp3) is 0.0667. The number of urea groups is 1. The van der Waals surface area contributed by atoms with Crippen molar-refractivity contribution in [2.45, 2.75) is 0 Å². The Labute approximate surface area is 116 Å². The van der Waals surface area contributed by atoms with E-state index in [4.69, 9.17) is 4.84 Å². The summed E-state index contributed by atoms with van der Waals surface area (Å²) in [5, 5.41) is 6.74. The molecule has 0 unspecified atom stereocenters. The molecule has 0 saturated carbocycles. The van der Waals surface area contributed by atoms with E-state index in [1.807, 2.05) is 60.7 Å². The van der Waals surface area contributed by atoms with Crippen molar-refractivity contribution in [2.75, 3.05) is 12.0 Å². The summed E-state index contributed by atoms with van der Waals surface area (Å²) >= 11 is 0. The minimum Gasteiger partial charge on any atom is -0.371 e. The van der Waals surface area contributed by atoms with Crippen molar-refractivity contribution in [2.24, 2.45) is 5.16 Å². The number of amidine groups is 1. The number of hydrogen-bond donors (Lipinski definition) is 1. The van der Waals surface area contributed by atoms with Crippen LogP contribution in [0.15, 0.2) is 65.8 Å². The van der Waals surface area contributed by atoms with E-state index in [1.165, 1.54) is 4.90 Å². The fourth-order valence-electron chi connectivity index (χ4n) is 1.92. The van der Waals surface area contributed by atoms with Crippen molar-refractivity contribution < 1.29 is 9.63 Å². The first kappa shape index (κ1) is 12.2. The first-order chi connectivity index (χ1) is 9.84. The quantitative estimate of drug-likeness (QED) is 0.909. The van der Waals surface area contributed by atoms with Crippen LogP contribution in [-0.2, 0) is 4.84 Å². The SMILES string of the molecule is O=C(Nc1ccccc1)N1CON=C1c1ccccc1. The van der Waals surface area contributed by atoms with Crippen molar-refractivity contribution in [3.05, 3.63) is 66.2 Å². The van der Waals surface area contributed by atoms with Crippen LogP contribution in [0.2, 0.25) is 0 Å². The topological polar surface area (TPSA) is 53.9 Å². The van der Waals surface area contributed by atoms with Crippen molar-refractivity contribution >= 4 is 17.6 Å². The molecule has 0 aliphatic carbocycles. The van der Waals surface area contributed by atoms with Crippen LogP contribution in [0.1, 0.15) is 5.56 Å². The minimum absolute atomic E-state index is 0.114. The van der Waals surface area contributed by atoms with Gasteiger partial charge in [-0.1, -0.05) is 53.7 Å². The molecule has 0 bridgehead atoms. The lowest BCUT2D eigenvalue weighted by molar-refractivity contribution is 0.120. The lowest BCUT2D eigenvalue weighted by Gasteiger charge is -2.16. The summed E-state index contributed by atoms with van der Waals surface area (Å²) in [4.78, 5) is 18.7. The van der Waals surface area contributed by atoms with E-state index in [0.717, 1.165) is 11.3 Å². The summed E-state index contributed by atoms with van der Waals surface area (Å²) in [5.41, 5.74) is 1.57. The maximum absolute atomic E-state index is 12.3. The van der Waals surface area contributed by atoms with Crippen molar-refractivity contribution in [1.82, 2.24) is 4.90 Å². The number of nitrogens with one attached hydrogen (secondary N) is 1. The lowest BCUT2D eigenvalue weighted by atomic mass is 10.2. The Morgan fingerprint density at radius 3 is 2.40 bits per heavy atom.